The molecule has 2 aromatic heterocycles. The number of nitrogen functional groups attached to an aromatic ring is 1. The maximum atomic E-state index is 5.60. The Morgan fingerprint density at radius 1 is 1.29 bits per heavy atom. The lowest BCUT2D eigenvalue weighted by Crippen LogP contribution is -2.11. The van der Waals surface area contributed by atoms with Crippen molar-refractivity contribution < 1.29 is 0 Å². The second-order valence-corrected chi connectivity index (χ2v) is 3.87. The summed E-state index contributed by atoms with van der Waals surface area (Å²) in [5.74, 6) is 0.994. The average Bonchev–Trinajstić information content (AvgIpc) is 2.28. The number of aromatic nitrogens is 3. The van der Waals surface area contributed by atoms with Gasteiger partial charge in [-0.3, -0.25) is 4.98 Å². The molecule has 0 saturated heterocycles. The predicted molar refractivity (Wildman–Crippen MR) is 67.5 cm³/mol. The van der Waals surface area contributed by atoms with E-state index in [1.807, 2.05) is 38.1 Å². The quantitative estimate of drug-likeness (QED) is 0.841. The summed E-state index contributed by atoms with van der Waals surface area (Å²) in [5, 5.41) is 3.25. The largest absolute Gasteiger partial charge is 0.368 e. The predicted octanol–water partition coefficient (Wildman–Crippen LogP) is 1.94. The smallest absolute Gasteiger partial charge is 0.222 e. The molecule has 3 N–H and O–H groups in total. The van der Waals surface area contributed by atoms with Crippen molar-refractivity contribution in [1.82, 2.24) is 15.0 Å². The van der Waals surface area contributed by atoms with Gasteiger partial charge in [-0.15, -0.1) is 0 Å². The lowest BCUT2D eigenvalue weighted by molar-refractivity contribution is 0.830. The van der Waals surface area contributed by atoms with Crippen LogP contribution in [0, 0.1) is 6.92 Å². The third kappa shape index (κ3) is 2.90. The molecule has 2 heterocycles. The van der Waals surface area contributed by atoms with E-state index in [-0.39, 0.29) is 12.0 Å². The highest BCUT2D eigenvalue weighted by molar-refractivity contribution is 5.41. The third-order valence-corrected chi connectivity index (χ3v) is 2.37. The van der Waals surface area contributed by atoms with Gasteiger partial charge < -0.3 is 11.1 Å². The Hall–Kier alpha value is -2.17. The molecule has 0 aliphatic rings. The molecule has 0 aliphatic heterocycles. The summed E-state index contributed by atoms with van der Waals surface area (Å²) in [6.07, 6.45) is 1.77. The second kappa shape index (κ2) is 4.78. The fourth-order valence-corrected chi connectivity index (χ4v) is 1.59. The Morgan fingerprint density at radius 2 is 2.12 bits per heavy atom. The number of nitrogens with two attached hydrogens (primary N) is 1. The normalized spacial score (nSPS) is 12.1. The standard InChI is InChI=1S/C12H15N5/c1-8-7-11(17-12(13)15-8)16-9(2)10-5-3-4-6-14-10/h3-7,9H,1-2H3,(H3,13,15,16,17). The molecule has 17 heavy (non-hydrogen) atoms. The lowest BCUT2D eigenvalue weighted by atomic mass is 10.2. The van der Waals surface area contributed by atoms with Gasteiger partial charge >= 0.3 is 0 Å². The van der Waals surface area contributed by atoms with Gasteiger partial charge in [0.25, 0.3) is 0 Å². The summed E-state index contributed by atoms with van der Waals surface area (Å²) in [4.78, 5) is 12.4. The molecule has 5 nitrogen and oxygen atoms in total. The molecule has 0 aromatic carbocycles. The fourth-order valence-electron chi connectivity index (χ4n) is 1.59. The summed E-state index contributed by atoms with van der Waals surface area (Å²) in [5.41, 5.74) is 7.40. The molecule has 2 aromatic rings. The second-order valence-electron chi connectivity index (χ2n) is 3.87. The van der Waals surface area contributed by atoms with Gasteiger partial charge in [0.1, 0.15) is 5.82 Å². The van der Waals surface area contributed by atoms with Crippen molar-refractivity contribution in [3.05, 3.63) is 41.9 Å². The van der Waals surface area contributed by atoms with E-state index < -0.39 is 0 Å². The first kappa shape index (κ1) is 11.3. The van der Waals surface area contributed by atoms with Crippen LogP contribution >= 0.6 is 0 Å². The molecule has 88 valence electrons. The zero-order valence-electron chi connectivity index (χ0n) is 9.88. The first-order chi connectivity index (χ1) is 8.15. The van der Waals surface area contributed by atoms with Crippen LogP contribution < -0.4 is 11.1 Å². The SMILES string of the molecule is Cc1cc(NC(C)c2ccccn2)nc(N)n1. The van der Waals surface area contributed by atoms with Crippen molar-refractivity contribution in [3.63, 3.8) is 0 Å². The Kier molecular flexibility index (Phi) is 3.18. The minimum atomic E-state index is 0.0740. The average molecular weight is 229 g/mol. The molecule has 0 bridgehead atoms. The zero-order chi connectivity index (χ0) is 12.3. The van der Waals surface area contributed by atoms with Gasteiger partial charge in [-0.05, 0) is 26.0 Å². The molecule has 0 amide bonds. The van der Waals surface area contributed by atoms with E-state index in [0.29, 0.717) is 5.82 Å². The molecular formula is C12H15N5. The van der Waals surface area contributed by atoms with Crippen molar-refractivity contribution >= 4 is 11.8 Å². The van der Waals surface area contributed by atoms with E-state index in [4.69, 9.17) is 5.73 Å². The van der Waals surface area contributed by atoms with Crippen molar-refractivity contribution in [2.24, 2.45) is 0 Å². The minimum Gasteiger partial charge on any atom is -0.368 e. The van der Waals surface area contributed by atoms with E-state index in [9.17, 15) is 0 Å². The fraction of sp³-hybridized carbons (Fsp3) is 0.250. The monoisotopic (exact) mass is 229 g/mol. The number of aryl methyl sites for hydroxylation is 1. The summed E-state index contributed by atoms with van der Waals surface area (Å²) in [6, 6.07) is 7.75. The van der Waals surface area contributed by atoms with Gasteiger partial charge in [0.05, 0.1) is 11.7 Å². The third-order valence-electron chi connectivity index (χ3n) is 2.37. The van der Waals surface area contributed by atoms with Crippen molar-refractivity contribution in [2.45, 2.75) is 19.9 Å². The molecule has 0 fully saturated rings. The lowest BCUT2D eigenvalue weighted by Gasteiger charge is -2.14. The van der Waals surface area contributed by atoms with Gasteiger partial charge in [0.15, 0.2) is 0 Å². The van der Waals surface area contributed by atoms with Gasteiger partial charge in [-0.2, -0.15) is 4.98 Å². The molecular weight excluding hydrogens is 214 g/mol. The van der Waals surface area contributed by atoms with Gasteiger partial charge in [-0.25, -0.2) is 4.98 Å². The van der Waals surface area contributed by atoms with Gasteiger partial charge in [-0.1, -0.05) is 6.07 Å². The zero-order valence-corrected chi connectivity index (χ0v) is 9.88. The number of hydrogen-bond acceptors (Lipinski definition) is 5. The summed E-state index contributed by atoms with van der Waals surface area (Å²) in [7, 11) is 0. The molecule has 2 rings (SSSR count). The first-order valence-corrected chi connectivity index (χ1v) is 5.44. The van der Waals surface area contributed by atoms with E-state index in [0.717, 1.165) is 11.4 Å². The molecule has 1 atom stereocenters. The minimum absolute atomic E-state index is 0.0740. The van der Waals surface area contributed by atoms with Crippen LogP contribution in [0.1, 0.15) is 24.4 Å². The number of pyridine rings is 1. The number of hydrogen-bond donors (Lipinski definition) is 2. The Balaban J connectivity index is 2.16. The Morgan fingerprint density at radius 3 is 2.76 bits per heavy atom. The molecule has 0 saturated carbocycles. The first-order valence-electron chi connectivity index (χ1n) is 5.44. The van der Waals surface area contributed by atoms with Crippen LogP contribution in [-0.4, -0.2) is 15.0 Å². The summed E-state index contributed by atoms with van der Waals surface area (Å²) >= 11 is 0. The molecule has 0 spiro atoms. The highest BCUT2D eigenvalue weighted by Crippen LogP contribution is 2.16. The summed E-state index contributed by atoms with van der Waals surface area (Å²) < 4.78 is 0. The van der Waals surface area contributed by atoms with Crippen LogP contribution in [0.3, 0.4) is 0 Å². The van der Waals surface area contributed by atoms with Crippen LogP contribution in [0.4, 0.5) is 11.8 Å². The van der Waals surface area contributed by atoms with E-state index in [2.05, 4.69) is 20.3 Å². The highest BCUT2D eigenvalue weighted by atomic mass is 15.1. The van der Waals surface area contributed by atoms with Gasteiger partial charge in [0, 0.05) is 18.0 Å². The molecule has 1 unspecified atom stereocenters. The Labute approximate surface area is 100 Å². The molecule has 5 heteroatoms. The number of nitrogens with one attached hydrogen (secondary N) is 1. The van der Waals surface area contributed by atoms with E-state index in [1.54, 1.807) is 6.20 Å². The topological polar surface area (TPSA) is 76.7 Å². The van der Waals surface area contributed by atoms with Crippen molar-refractivity contribution in [2.75, 3.05) is 11.1 Å². The van der Waals surface area contributed by atoms with Crippen molar-refractivity contribution in [3.8, 4) is 0 Å². The van der Waals surface area contributed by atoms with Crippen molar-refractivity contribution in [1.29, 1.82) is 0 Å². The van der Waals surface area contributed by atoms with E-state index >= 15 is 0 Å². The number of nitrogens with zero attached hydrogens (tertiary/aromatic N) is 3. The highest BCUT2D eigenvalue weighted by Gasteiger charge is 2.07. The van der Waals surface area contributed by atoms with Crippen LogP contribution in [0.25, 0.3) is 0 Å². The summed E-state index contributed by atoms with van der Waals surface area (Å²) in [6.45, 7) is 3.91. The van der Waals surface area contributed by atoms with Crippen LogP contribution in [0.5, 0.6) is 0 Å². The number of anilines is 2. The van der Waals surface area contributed by atoms with Crippen LogP contribution in [0.15, 0.2) is 30.5 Å². The molecule has 0 radical (unpaired) electrons. The number of rotatable bonds is 3. The maximum Gasteiger partial charge on any atom is 0.222 e. The van der Waals surface area contributed by atoms with Crippen LogP contribution in [0.2, 0.25) is 0 Å². The van der Waals surface area contributed by atoms with Gasteiger partial charge in [0.2, 0.25) is 5.95 Å². The molecule has 0 aliphatic carbocycles. The Bertz CT molecular complexity index is 477. The van der Waals surface area contributed by atoms with Crippen LogP contribution in [-0.2, 0) is 0 Å². The maximum absolute atomic E-state index is 5.60. The van der Waals surface area contributed by atoms with E-state index in [1.165, 1.54) is 0 Å².